The van der Waals surface area contributed by atoms with Gasteiger partial charge >= 0.3 is 5.97 Å². The van der Waals surface area contributed by atoms with Crippen molar-refractivity contribution >= 4 is 29.0 Å². The summed E-state index contributed by atoms with van der Waals surface area (Å²) < 4.78 is 21.7. The van der Waals surface area contributed by atoms with Gasteiger partial charge in [-0.05, 0) is 82.2 Å². The Balaban J connectivity index is 1.65. The number of piperidine rings is 1. The van der Waals surface area contributed by atoms with E-state index in [1.165, 1.54) is 12.1 Å². The Hall–Kier alpha value is -3.43. The molecule has 10 heteroatoms. The zero-order valence-corrected chi connectivity index (χ0v) is 26.1. The van der Waals surface area contributed by atoms with Crippen molar-refractivity contribution in [3.8, 4) is 11.5 Å². The minimum absolute atomic E-state index is 0.198. The topological polar surface area (TPSA) is 95.8 Å². The molecule has 4 heterocycles. The number of carboxylic acids is 1. The molecular weight excluding hydrogens is 557 g/mol. The summed E-state index contributed by atoms with van der Waals surface area (Å²) in [4.78, 5) is 27.9. The number of halogens is 2. The van der Waals surface area contributed by atoms with Crippen molar-refractivity contribution in [3.05, 3.63) is 69.9 Å². The quantitative estimate of drug-likeness (QED) is 0.235. The van der Waals surface area contributed by atoms with Gasteiger partial charge < -0.3 is 19.7 Å². The van der Waals surface area contributed by atoms with Crippen molar-refractivity contribution in [1.82, 2.24) is 19.4 Å². The molecule has 1 fully saturated rings. The Kier molecular flexibility index (Phi) is 7.64. The SMILES string of the molecule is Cc1cc2nc(-c3nc(Cl)c(Cc4ccc(F)cc4)[nH]3)cn2c(N2CCC(C)(C)CC2)c1[C@](C)(OC(C)(C)C)C(=O)O. The molecule has 0 bridgehead atoms. The molecule has 42 heavy (non-hydrogen) atoms. The standard InChI is InChI=1S/C32H39ClFN5O3/c1-19-16-24-35-23(27-36-22(26(33)37-27)17-20-8-10-21(34)11-9-20)18-39(24)28(38-14-12-31(5,6)13-15-38)25(19)32(7,29(40)41)42-30(2,3)4/h8-11,16,18H,12-15,17H2,1-7H3,(H,36,37)(H,40,41)/t32-/m0/s1. The molecule has 4 aromatic rings. The lowest BCUT2D eigenvalue weighted by atomic mass is 9.82. The molecule has 1 aliphatic rings. The van der Waals surface area contributed by atoms with Crippen molar-refractivity contribution in [2.24, 2.45) is 5.41 Å². The highest BCUT2D eigenvalue weighted by atomic mass is 35.5. The first-order valence-corrected chi connectivity index (χ1v) is 14.6. The van der Waals surface area contributed by atoms with E-state index in [1.54, 1.807) is 19.1 Å². The monoisotopic (exact) mass is 595 g/mol. The number of H-pyrrole nitrogens is 1. The van der Waals surface area contributed by atoms with Crippen LogP contribution in [0, 0.1) is 18.2 Å². The molecule has 8 nitrogen and oxygen atoms in total. The van der Waals surface area contributed by atoms with Crippen LogP contribution >= 0.6 is 11.6 Å². The van der Waals surface area contributed by atoms with Crippen LogP contribution < -0.4 is 4.90 Å². The summed E-state index contributed by atoms with van der Waals surface area (Å²) >= 11 is 6.52. The predicted molar refractivity (Wildman–Crippen MR) is 163 cm³/mol. The van der Waals surface area contributed by atoms with E-state index in [0.29, 0.717) is 40.0 Å². The fourth-order valence-corrected chi connectivity index (χ4v) is 6.01. The molecule has 1 aromatic carbocycles. The molecule has 1 aliphatic heterocycles. The Labute approximate surface area is 250 Å². The molecule has 0 saturated carbocycles. The van der Waals surface area contributed by atoms with Gasteiger partial charge in [-0.15, -0.1) is 0 Å². The first-order valence-electron chi connectivity index (χ1n) is 14.3. The number of aryl methyl sites for hydroxylation is 1. The molecule has 5 rings (SSSR count). The lowest BCUT2D eigenvalue weighted by molar-refractivity contribution is -0.183. The second-order valence-electron chi connectivity index (χ2n) is 13.2. The molecule has 2 N–H and O–H groups in total. The van der Waals surface area contributed by atoms with E-state index in [2.05, 4.69) is 28.7 Å². The van der Waals surface area contributed by atoms with Crippen LogP contribution in [0.15, 0.2) is 36.5 Å². The van der Waals surface area contributed by atoms with Gasteiger partial charge in [0, 0.05) is 31.3 Å². The average Bonchev–Trinajstić information content (AvgIpc) is 3.46. The Morgan fingerprint density at radius 3 is 2.38 bits per heavy atom. The van der Waals surface area contributed by atoms with Gasteiger partial charge in [-0.2, -0.15) is 0 Å². The minimum Gasteiger partial charge on any atom is -0.479 e. The lowest BCUT2D eigenvalue weighted by Crippen LogP contribution is -2.45. The van der Waals surface area contributed by atoms with Crippen LogP contribution in [0.1, 0.15) is 76.8 Å². The third-order valence-corrected chi connectivity index (χ3v) is 8.31. The summed E-state index contributed by atoms with van der Waals surface area (Å²) in [6, 6.07) is 8.16. The van der Waals surface area contributed by atoms with Crippen molar-refractivity contribution in [3.63, 3.8) is 0 Å². The summed E-state index contributed by atoms with van der Waals surface area (Å²) in [6.07, 6.45) is 4.27. The fraction of sp³-hybridized carbons (Fsp3) is 0.469. The van der Waals surface area contributed by atoms with Gasteiger partial charge in [0.2, 0.25) is 0 Å². The molecule has 224 valence electrons. The van der Waals surface area contributed by atoms with Crippen molar-refractivity contribution in [1.29, 1.82) is 0 Å². The molecule has 0 aliphatic carbocycles. The minimum atomic E-state index is -1.61. The summed E-state index contributed by atoms with van der Waals surface area (Å²) in [7, 11) is 0. The highest BCUT2D eigenvalue weighted by Gasteiger charge is 2.45. The predicted octanol–water partition coefficient (Wildman–Crippen LogP) is 7.16. The zero-order valence-electron chi connectivity index (χ0n) is 25.3. The fourth-order valence-electron chi connectivity index (χ4n) is 5.81. The second kappa shape index (κ2) is 10.7. The number of hydrogen-bond donors (Lipinski definition) is 2. The maximum absolute atomic E-state index is 13.4. The van der Waals surface area contributed by atoms with Gasteiger partial charge in [0.15, 0.2) is 16.6 Å². The Morgan fingerprint density at radius 1 is 1.14 bits per heavy atom. The van der Waals surface area contributed by atoms with E-state index in [0.717, 1.165) is 42.9 Å². The smallest absolute Gasteiger partial charge is 0.340 e. The molecule has 1 atom stereocenters. The van der Waals surface area contributed by atoms with Crippen LogP contribution in [0.4, 0.5) is 10.2 Å². The van der Waals surface area contributed by atoms with Crippen LogP contribution in [0.25, 0.3) is 17.2 Å². The number of fused-ring (bicyclic) bond motifs is 1. The second-order valence-corrected chi connectivity index (χ2v) is 13.6. The van der Waals surface area contributed by atoms with Gasteiger partial charge in [-0.25, -0.2) is 19.2 Å². The maximum Gasteiger partial charge on any atom is 0.340 e. The van der Waals surface area contributed by atoms with Gasteiger partial charge in [0.05, 0.1) is 11.3 Å². The van der Waals surface area contributed by atoms with E-state index in [-0.39, 0.29) is 11.2 Å². The summed E-state index contributed by atoms with van der Waals surface area (Å²) in [5.41, 5.74) is 2.10. The van der Waals surface area contributed by atoms with Crippen LogP contribution in [-0.2, 0) is 21.6 Å². The number of benzene rings is 1. The van der Waals surface area contributed by atoms with Crippen molar-refractivity contribution in [2.75, 3.05) is 18.0 Å². The molecule has 0 unspecified atom stereocenters. The molecule has 0 amide bonds. The number of rotatable bonds is 7. The molecule has 0 radical (unpaired) electrons. The van der Waals surface area contributed by atoms with Crippen molar-refractivity contribution in [2.45, 2.75) is 78.9 Å². The molecule has 3 aromatic heterocycles. The number of ether oxygens (including phenoxy) is 1. The number of nitrogens with zero attached hydrogens (tertiary/aromatic N) is 4. The Morgan fingerprint density at radius 2 is 1.79 bits per heavy atom. The number of carboxylic acid groups (broad SMARTS) is 1. The number of pyridine rings is 1. The van der Waals surface area contributed by atoms with Gasteiger partial charge in [0.25, 0.3) is 0 Å². The molecular formula is C32H39ClFN5O3. The highest BCUT2D eigenvalue weighted by Crippen LogP contribution is 2.42. The van der Waals surface area contributed by atoms with Crippen LogP contribution in [0.5, 0.6) is 0 Å². The van der Waals surface area contributed by atoms with Crippen LogP contribution in [0.2, 0.25) is 5.15 Å². The zero-order chi connectivity index (χ0) is 30.6. The van der Waals surface area contributed by atoms with Crippen LogP contribution in [0.3, 0.4) is 0 Å². The van der Waals surface area contributed by atoms with E-state index in [1.807, 2.05) is 44.4 Å². The van der Waals surface area contributed by atoms with Crippen LogP contribution in [-0.4, -0.2) is 49.1 Å². The molecule has 1 saturated heterocycles. The number of imidazole rings is 2. The first-order chi connectivity index (χ1) is 19.6. The van der Waals surface area contributed by atoms with Gasteiger partial charge in [-0.1, -0.05) is 37.6 Å². The largest absolute Gasteiger partial charge is 0.479 e. The van der Waals surface area contributed by atoms with Gasteiger partial charge in [-0.3, -0.25) is 4.40 Å². The summed E-state index contributed by atoms with van der Waals surface area (Å²) in [6.45, 7) is 15.2. The third-order valence-electron chi connectivity index (χ3n) is 8.00. The number of aromatic nitrogens is 4. The van der Waals surface area contributed by atoms with E-state index in [4.69, 9.17) is 21.3 Å². The Bertz CT molecular complexity index is 1630. The number of carbonyl (C=O) groups is 1. The number of aliphatic carboxylic acids is 1. The number of anilines is 1. The number of hydrogen-bond acceptors (Lipinski definition) is 5. The van der Waals surface area contributed by atoms with Gasteiger partial charge in [0.1, 0.15) is 23.0 Å². The van der Waals surface area contributed by atoms with Crippen molar-refractivity contribution < 1.29 is 19.0 Å². The molecule has 0 spiro atoms. The third kappa shape index (κ3) is 5.90. The average molecular weight is 596 g/mol. The maximum atomic E-state index is 13.4. The van der Waals surface area contributed by atoms with E-state index < -0.39 is 17.2 Å². The van der Waals surface area contributed by atoms with E-state index in [9.17, 15) is 14.3 Å². The first kappa shape index (κ1) is 30.0. The number of aromatic amines is 1. The summed E-state index contributed by atoms with van der Waals surface area (Å²) in [5, 5.41) is 10.9. The number of nitrogens with one attached hydrogen (secondary N) is 1. The lowest BCUT2D eigenvalue weighted by Gasteiger charge is -2.42. The van der Waals surface area contributed by atoms with E-state index >= 15 is 0 Å². The summed E-state index contributed by atoms with van der Waals surface area (Å²) in [5.74, 6) is -0.0909. The normalized spacial score (nSPS) is 17.0. The highest BCUT2D eigenvalue weighted by molar-refractivity contribution is 6.30.